The molecule has 0 spiro atoms. The quantitative estimate of drug-likeness (QED) is 0.595. The minimum Gasteiger partial charge on any atom is -0.467 e. The van der Waals surface area contributed by atoms with E-state index in [0.717, 1.165) is 12.8 Å². The van der Waals surface area contributed by atoms with Crippen molar-refractivity contribution in [1.82, 2.24) is 15.8 Å². The Morgan fingerprint density at radius 2 is 2.10 bits per heavy atom. The van der Waals surface area contributed by atoms with Crippen LogP contribution in [0.2, 0.25) is 0 Å². The smallest absolute Gasteiger partial charge is 0.240 e. The van der Waals surface area contributed by atoms with Gasteiger partial charge in [-0.1, -0.05) is 5.16 Å². The predicted octanol–water partition coefficient (Wildman–Crippen LogP) is 1.30. The molecule has 162 valence electrons. The van der Waals surface area contributed by atoms with Crippen molar-refractivity contribution in [3.63, 3.8) is 0 Å². The van der Waals surface area contributed by atoms with E-state index >= 15 is 0 Å². The standard InChI is InChI=1S/C20H26N4O6/c1-14-10-17(23-30-14)24(13-19(26)22-12-16-5-3-9-29-16)20(27)7-6-18(25)21-11-15-4-2-8-28-15/h2,4,8,10,16H,3,5-7,9,11-13H2,1H3,(H,21,25)(H,22,26)/t16-/m1/s1. The molecular weight excluding hydrogens is 392 g/mol. The van der Waals surface area contributed by atoms with Crippen LogP contribution < -0.4 is 15.5 Å². The first-order chi connectivity index (χ1) is 14.5. The number of nitrogens with one attached hydrogen (secondary N) is 2. The summed E-state index contributed by atoms with van der Waals surface area (Å²) in [4.78, 5) is 38.3. The zero-order valence-electron chi connectivity index (χ0n) is 16.9. The minimum absolute atomic E-state index is 0.00486. The second-order valence-electron chi connectivity index (χ2n) is 7.07. The highest BCUT2D eigenvalue weighted by Crippen LogP contribution is 2.16. The fourth-order valence-corrected chi connectivity index (χ4v) is 3.05. The summed E-state index contributed by atoms with van der Waals surface area (Å²) < 4.78 is 15.7. The van der Waals surface area contributed by atoms with E-state index in [0.29, 0.717) is 24.7 Å². The van der Waals surface area contributed by atoms with E-state index in [9.17, 15) is 14.4 Å². The van der Waals surface area contributed by atoms with Crippen molar-refractivity contribution in [1.29, 1.82) is 0 Å². The fraction of sp³-hybridized carbons (Fsp3) is 0.500. The summed E-state index contributed by atoms with van der Waals surface area (Å²) in [5, 5.41) is 9.30. The van der Waals surface area contributed by atoms with Gasteiger partial charge in [-0.2, -0.15) is 0 Å². The molecule has 2 aromatic rings. The topological polar surface area (TPSA) is 127 Å². The van der Waals surface area contributed by atoms with E-state index < -0.39 is 5.91 Å². The Morgan fingerprint density at radius 1 is 1.23 bits per heavy atom. The van der Waals surface area contributed by atoms with Gasteiger partial charge in [0.1, 0.15) is 18.1 Å². The van der Waals surface area contributed by atoms with Gasteiger partial charge in [0.2, 0.25) is 17.7 Å². The number of carbonyl (C=O) groups excluding carboxylic acids is 3. The van der Waals surface area contributed by atoms with Crippen LogP contribution in [0.5, 0.6) is 0 Å². The van der Waals surface area contributed by atoms with Crippen LogP contribution in [0.3, 0.4) is 0 Å². The maximum Gasteiger partial charge on any atom is 0.240 e. The number of aromatic nitrogens is 1. The summed E-state index contributed by atoms with van der Waals surface area (Å²) >= 11 is 0. The lowest BCUT2D eigenvalue weighted by Crippen LogP contribution is -2.43. The molecule has 3 heterocycles. The van der Waals surface area contributed by atoms with Crippen molar-refractivity contribution in [2.75, 3.05) is 24.6 Å². The van der Waals surface area contributed by atoms with Crippen LogP contribution in [0.4, 0.5) is 5.82 Å². The number of rotatable bonds is 10. The molecule has 0 aliphatic carbocycles. The molecule has 2 aromatic heterocycles. The number of hydrogen-bond donors (Lipinski definition) is 2. The van der Waals surface area contributed by atoms with Gasteiger partial charge in [0, 0.05) is 32.1 Å². The number of hydrogen-bond acceptors (Lipinski definition) is 7. The molecule has 1 aliphatic rings. The average molecular weight is 418 g/mol. The third-order valence-electron chi connectivity index (χ3n) is 4.65. The third kappa shape index (κ3) is 6.45. The van der Waals surface area contributed by atoms with Crippen molar-refractivity contribution in [3.8, 4) is 0 Å². The Morgan fingerprint density at radius 3 is 2.77 bits per heavy atom. The number of nitrogens with zero attached hydrogens (tertiary/aromatic N) is 2. The van der Waals surface area contributed by atoms with Gasteiger partial charge in [0.25, 0.3) is 0 Å². The Labute approximate surface area is 173 Å². The van der Waals surface area contributed by atoms with Crippen molar-refractivity contribution in [2.45, 2.75) is 45.3 Å². The lowest BCUT2D eigenvalue weighted by Gasteiger charge is -2.20. The number of anilines is 1. The molecule has 1 fully saturated rings. The molecule has 2 N–H and O–H groups in total. The van der Waals surface area contributed by atoms with Gasteiger partial charge in [-0.05, 0) is 31.9 Å². The van der Waals surface area contributed by atoms with Crippen LogP contribution in [0.1, 0.15) is 37.2 Å². The summed E-state index contributed by atoms with van der Waals surface area (Å²) in [6, 6.07) is 5.05. The number of carbonyl (C=O) groups is 3. The normalized spacial score (nSPS) is 15.7. The van der Waals surface area contributed by atoms with Gasteiger partial charge >= 0.3 is 0 Å². The summed E-state index contributed by atoms with van der Waals surface area (Å²) in [7, 11) is 0. The van der Waals surface area contributed by atoms with E-state index in [-0.39, 0.29) is 49.7 Å². The predicted molar refractivity (Wildman–Crippen MR) is 105 cm³/mol. The highest BCUT2D eigenvalue weighted by molar-refractivity contribution is 5.99. The molecule has 30 heavy (non-hydrogen) atoms. The molecule has 0 radical (unpaired) electrons. The van der Waals surface area contributed by atoms with E-state index in [4.69, 9.17) is 13.7 Å². The Hall–Kier alpha value is -3.14. The number of furan rings is 1. The molecule has 1 atom stereocenters. The Bertz CT molecular complexity index is 841. The van der Waals surface area contributed by atoms with Crippen LogP contribution in [-0.4, -0.2) is 48.7 Å². The first-order valence-electron chi connectivity index (χ1n) is 9.92. The van der Waals surface area contributed by atoms with E-state index in [1.54, 1.807) is 25.1 Å². The molecule has 10 heteroatoms. The number of amides is 3. The zero-order chi connectivity index (χ0) is 21.3. The molecule has 1 saturated heterocycles. The second-order valence-corrected chi connectivity index (χ2v) is 7.07. The van der Waals surface area contributed by atoms with Crippen molar-refractivity contribution >= 4 is 23.5 Å². The third-order valence-corrected chi connectivity index (χ3v) is 4.65. The number of aryl methyl sites for hydroxylation is 1. The first kappa shape index (κ1) is 21.6. The molecule has 0 aromatic carbocycles. The van der Waals surface area contributed by atoms with Crippen molar-refractivity contribution in [2.24, 2.45) is 0 Å². The zero-order valence-corrected chi connectivity index (χ0v) is 16.9. The molecule has 3 amide bonds. The van der Waals surface area contributed by atoms with Crippen LogP contribution >= 0.6 is 0 Å². The van der Waals surface area contributed by atoms with E-state index in [1.165, 1.54) is 11.2 Å². The van der Waals surface area contributed by atoms with Crippen molar-refractivity contribution < 1.29 is 28.1 Å². The first-order valence-corrected chi connectivity index (χ1v) is 9.92. The van der Waals surface area contributed by atoms with Gasteiger partial charge in [0.05, 0.1) is 18.9 Å². The minimum atomic E-state index is -0.399. The summed E-state index contributed by atoms with van der Waals surface area (Å²) in [6.07, 6.45) is 3.31. The highest BCUT2D eigenvalue weighted by atomic mass is 16.5. The molecular formula is C20H26N4O6. The van der Waals surface area contributed by atoms with E-state index in [1.807, 2.05) is 0 Å². The van der Waals surface area contributed by atoms with Crippen molar-refractivity contribution in [3.05, 3.63) is 36.0 Å². The summed E-state index contributed by atoms with van der Waals surface area (Å²) in [6.45, 7) is 2.82. The van der Waals surface area contributed by atoms with E-state index in [2.05, 4.69) is 15.8 Å². The fourth-order valence-electron chi connectivity index (χ4n) is 3.05. The SMILES string of the molecule is Cc1cc(N(CC(=O)NC[C@H]2CCCO2)C(=O)CCC(=O)NCc2ccco2)no1. The maximum absolute atomic E-state index is 12.7. The largest absolute Gasteiger partial charge is 0.467 e. The molecule has 3 rings (SSSR count). The van der Waals surface area contributed by atoms with Gasteiger partial charge < -0.3 is 24.3 Å². The Balaban J connectivity index is 1.51. The van der Waals surface area contributed by atoms with Gasteiger partial charge in [-0.15, -0.1) is 0 Å². The van der Waals surface area contributed by atoms with Crippen LogP contribution in [0.15, 0.2) is 33.4 Å². The highest BCUT2D eigenvalue weighted by Gasteiger charge is 2.24. The van der Waals surface area contributed by atoms with Crippen LogP contribution in [-0.2, 0) is 25.7 Å². The van der Waals surface area contributed by atoms with Gasteiger partial charge in [0.15, 0.2) is 5.82 Å². The molecule has 0 bridgehead atoms. The molecule has 0 saturated carbocycles. The summed E-state index contributed by atoms with van der Waals surface area (Å²) in [5.74, 6) is 0.348. The monoisotopic (exact) mass is 418 g/mol. The molecule has 10 nitrogen and oxygen atoms in total. The van der Waals surface area contributed by atoms with Crippen LogP contribution in [0.25, 0.3) is 0 Å². The lowest BCUT2D eigenvalue weighted by molar-refractivity contribution is -0.126. The van der Waals surface area contributed by atoms with Gasteiger partial charge in [-0.3, -0.25) is 19.3 Å². The average Bonchev–Trinajstić information content (AvgIpc) is 3.50. The molecule has 1 aliphatic heterocycles. The number of ether oxygens (including phenoxy) is 1. The second kappa shape index (κ2) is 10.6. The molecule has 0 unspecified atom stereocenters. The van der Waals surface area contributed by atoms with Gasteiger partial charge in [-0.25, -0.2) is 0 Å². The maximum atomic E-state index is 12.7. The van der Waals surface area contributed by atoms with Crippen LogP contribution in [0, 0.1) is 6.92 Å². The Kier molecular flexibility index (Phi) is 7.61. The lowest BCUT2D eigenvalue weighted by atomic mass is 10.2. The summed E-state index contributed by atoms with van der Waals surface area (Å²) in [5.41, 5.74) is 0.